The van der Waals surface area contributed by atoms with Crippen molar-refractivity contribution in [2.45, 2.75) is 89.1 Å². The third-order valence-electron chi connectivity index (χ3n) is 9.71. The number of carbonyl (C=O) groups is 5. The van der Waals surface area contributed by atoms with Gasteiger partial charge in [-0.3, -0.25) is 24.0 Å². The van der Waals surface area contributed by atoms with Gasteiger partial charge in [-0.15, -0.1) is 0 Å². The number of piperidine rings is 1. The molecule has 0 radical (unpaired) electrons. The second-order valence-electron chi connectivity index (χ2n) is 12.8. The van der Waals surface area contributed by atoms with Crippen molar-refractivity contribution in [1.29, 1.82) is 0 Å². The van der Waals surface area contributed by atoms with E-state index in [2.05, 4.69) is 10.6 Å². The van der Waals surface area contributed by atoms with Crippen LogP contribution in [0.25, 0.3) is 0 Å². The summed E-state index contributed by atoms with van der Waals surface area (Å²) in [5.74, 6) is -5.40. The van der Waals surface area contributed by atoms with Crippen LogP contribution in [0.2, 0.25) is 0 Å². The maximum atomic E-state index is 13.6. The molecular formula is C25H34F3N5O5. The lowest BCUT2D eigenvalue weighted by molar-refractivity contribution is -0.176. The van der Waals surface area contributed by atoms with Crippen molar-refractivity contribution in [1.82, 2.24) is 20.9 Å². The van der Waals surface area contributed by atoms with Gasteiger partial charge in [0.25, 0.3) is 0 Å². The largest absolute Gasteiger partial charge is 0.471 e. The van der Waals surface area contributed by atoms with Crippen molar-refractivity contribution in [2.24, 2.45) is 34.3 Å². The number of hydrogen-bond donors (Lipinski definition) is 4. The smallest absolute Gasteiger partial charge is 0.368 e. The van der Waals surface area contributed by atoms with Crippen molar-refractivity contribution < 1.29 is 37.1 Å². The molecule has 2 heterocycles. The summed E-state index contributed by atoms with van der Waals surface area (Å²) >= 11 is 0. The van der Waals surface area contributed by atoms with Crippen LogP contribution in [0.15, 0.2) is 0 Å². The number of rotatable bonds is 8. The third kappa shape index (κ3) is 4.51. The van der Waals surface area contributed by atoms with E-state index in [1.54, 1.807) is 6.92 Å². The Hall–Kier alpha value is -2.86. The van der Waals surface area contributed by atoms with Crippen LogP contribution in [0.3, 0.4) is 0 Å². The zero-order chi connectivity index (χ0) is 28.0. The van der Waals surface area contributed by atoms with Crippen molar-refractivity contribution in [3.63, 3.8) is 0 Å². The van der Waals surface area contributed by atoms with Crippen molar-refractivity contribution >= 4 is 29.5 Å². The van der Waals surface area contributed by atoms with Gasteiger partial charge < -0.3 is 26.6 Å². The summed E-state index contributed by atoms with van der Waals surface area (Å²) < 4.78 is 39.1. The molecule has 2 aliphatic heterocycles. The van der Waals surface area contributed by atoms with Crippen LogP contribution in [0, 0.1) is 28.6 Å². The first-order chi connectivity index (χ1) is 17.5. The molecule has 6 atom stereocenters. The minimum Gasteiger partial charge on any atom is -0.368 e. The second-order valence-corrected chi connectivity index (χ2v) is 12.8. The molecule has 5 rings (SSSR count). The standard InChI is InChI=1S/C25H34F3N5O5/c1-22(2)12-10-33(20(37)16(23(3)4-5-23)31-21(38)25(26,27)28)15(14(12)22)19(36)30-13(17(29)34)8-11-9-24(6-7-24)32-18(11)35/h11-16H,4-10H2,1-3H3,(H2,29,34)(H,30,36)(H,31,38)(H,32,35)/t11-,12+,13+,14+,15+,16-/m1/s1. The van der Waals surface area contributed by atoms with E-state index >= 15 is 0 Å². The molecule has 0 aromatic heterocycles. The van der Waals surface area contributed by atoms with Gasteiger partial charge in [-0.1, -0.05) is 20.8 Å². The molecule has 0 unspecified atom stereocenters. The predicted octanol–water partition coefficient (Wildman–Crippen LogP) is 0.346. The van der Waals surface area contributed by atoms with E-state index in [1.165, 1.54) is 4.90 Å². The van der Waals surface area contributed by atoms with Gasteiger partial charge in [0.2, 0.25) is 23.6 Å². The molecule has 5 aliphatic rings. The molecule has 1 spiro atoms. The van der Waals surface area contributed by atoms with Gasteiger partial charge in [0.15, 0.2) is 0 Å². The molecule has 38 heavy (non-hydrogen) atoms. The van der Waals surface area contributed by atoms with Gasteiger partial charge in [0, 0.05) is 18.0 Å². The summed E-state index contributed by atoms with van der Waals surface area (Å²) in [5, 5.41) is 7.44. The van der Waals surface area contributed by atoms with Gasteiger partial charge in [-0.05, 0) is 61.2 Å². The van der Waals surface area contributed by atoms with Gasteiger partial charge in [-0.2, -0.15) is 13.2 Å². The van der Waals surface area contributed by atoms with E-state index in [9.17, 15) is 37.1 Å². The SMILES string of the molecule is CC1([C@H](NC(=O)C(F)(F)F)C(=O)N2C[C@H]3[C@@H]([C@H]2C(=O)N[C@@H](C[C@@H]2CC4(CC4)NC2=O)C(N)=O)C3(C)C)CC1. The Morgan fingerprint density at radius 2 is 1.74 bits per heavy atom. The number of likely N-dealkylation sites (tertiary alicyclic amines) is 1. The number of amides is 5. The van der Waals surface area contributed by atoms with E-state index in [0.29, 0.717) is 19.3 Å². The summed E-state index contributed by atoms with van der Waals surface area (Å²) in [6, 6.07) is -3.62. The minimum absolute atomic E-state index is 0.0230. The number of nitrogens with one attached hydrogen (secondary N) is 3. The Bertz CT molecular complexity index is 1100. The fourth-order valence-electron chi connectivity index (χ4n) is 6.65. The van der Waals surface area contributed by atoms with Gasteiger partial charge in [0.05, 0.1) is 0 Å². The summed E-state index contributed by atoms with van der Waals surface area (Å²) in [4.78, 5) is 64.9. The fraction of sp³-hybridized carbons (Fsp3) is 0.800. The van der Waals surface area contributed by atoms with Crippen molar-refractivity contribution in [2.75, 3.05) is 6.54 Å². The molecule has 0 bridgehead atoms. The van der Waals surface area contributed by atoms with E-state index in [1.807, 2.05) is 19.2 Å². The first kappa shape index (κ1) is 26.7. The highest BCUT2D eigenvalue weighted by atomic mass is 19.4. The number of alkyl halides is 3. The zero-order valence-electron chi connectivity index (χ0n) is 21.6. The Balaban J connectivity index is 1.33. The number of carbonyl (C=O) groups excluding carboxylic acids is 5. The highest BCUT2D eigenvalue weighted by molar-refractivity contribution is 5.96. The first-order valence-corrected chi connectivity index (χ1v) is 13.1. The van der Waals surface area contributed by atoms with E-state index in [-0.39, 0.29) is 41.7 Å². The molecule has 2 saturated heterocycles. The molecule has 5 N–H and O–H groups in total. The summed E-state index contributed by atoms with van der Waals surface area (Å²) in [7, 11) is 0. The maximum Gasteiger partial charge on any atom is 0.471 e. The van der Waals surface area contributed by atoms with E-state index in [0.717, 1.165) is 12.8 Å². The van der Waals surface area contributed by atoms with Crippen LogP contribution in [-0.2, 0) is 24.0 Å². The highest BCUT2D eigenvalue weighted by Gasteiger charge is 2.70. The minimum atomic E-state index is -5.16. The van der Waals surface area contributed by atoms with Crippen molar-refractivity contribution in [3.05, 3.63) is 0 Å². The predicted molar refractivity (Wildman–Crippen MR) is 126 cm³/mol. The number of nitrogens with two attached hydrogens (primary N) is 1. The molecule has 3 saturated carbocycles. The lowest BCUT2D eigenvalue weighted by atomic mass is 9.93. The van der Waals surface area contributed by atoms with Crippen LogP contribution in [0.1, 0.15) is 59.3 Å². The lowest BCUT2D eigenvalue weighted by Gasteiger charge is -2.35. The van der Waals surface area contributed by atoms with E-state index < -0.39 is 59.3 Å². The highest BCUT2D eigenvalue weighted by Crippen LogP contribution is 2.65. The Kier molecular flexibility index (Phi) is 5.85. The average molecular weight is 542 g/mol. The number of halogens is 3. The van der Waals surface area contributed by atoms with E-state index in [4.69, 9.17) is 5.73 Å². The Morgan fingerprint density at radius 3 is 2.24 bits per heavy atom. The molecule has 0 aromatic carbocycles. The Morgan fingerprint density at radius 1 is 1.11 bits per heavy atom. The maximum absolute atomic E-state index is 13.6. The monoisotopic (exact) mass is 541 g/mol. The number of primary amides is 1. The lowest BCUT2D eigenvalue weighted by Crippen LogP contribution is -2.60. The average Bonchev–Trinajstić information content (AvgIpc) is 3.73. The van der Waals surface area contributed by atoms with Crippen LogP contribution in [0.5, 0.6) is 0 Å². The van der Waals surface area contributed by atoms with Crippen LogP contribution in [0.4, 0.5) is 13.2 Å². The molecule has 10 nitrogen and oxygen atoms in total. The number of nitrogens with zero attached hydrogens (tertiary/aromatic N) is 1. The molecule has 3 aliphatic carbocycles. The topological polar surface area (TPSA) is 151 Å². The summed E-state index contributed by atoms with van der Waals surface area (Å²) in [6.07, 6.45) is -1.93. The van der Waals surface area contributed by atoms with Crippen LogP contribution < -0.4 is 21.7 Å². The molecule has 0 aromatic rings. The van der Waals surface area contributed by atoms with Crippen LogP contribution in [-0.4, -0.2) is 70.8 Å². The van der Waals surface area contributed by atoms with Crippen LogP contribution >= 0.6 is 0 Å². The van der Waals surface area contributed by atoms with Crippen molar-refractivity contribution in [3.8, 4) is 0 Å². The number of fused-ring (bicyclic) bond motifs is 1. The number of hydrogen-bond acceptors (Lipinski definition) is 5. The molecule has 13 heteroatoms. The van der Waals surface area contributed by atoms with Gasteiger partial charge >= 0.3 is 12.1 Å². The molecular weight excluding hydrogens is 507 g/mol. The summed E-state index contributed by atoms with van der Waals surface area (Å²) in [5.41, 5.74) is 4.22. The normalized spacial score (nSPS) is 32.6. The first-order valence-electron chi connectivity index (χ1n) is 13.1. The molecule has 210 valence electrons. The van der Waals surface area contributed by atoms with Gasteiger partial charge in [0.1, 0.15) is 18.1 Å². The molecule has 5 fully saturated rings. The summed E-state index contributed by atoms with van der Waals surface area (Å²) in [6.45, 7) is 5.67. The Labute approximate surface area is 218 Å². The quantitative estimate of drug-likeness (QED) is 0.350. The second kappa shape index (κ2) is 8.32. The van der Waals surface area contributed by atoms with Gasteiger partial charge in [-0.25, -0.2) is 0 Å². The molecule has 5 amide bonds. The zero-order valence-corrected chi connectivity index (χ0v) is 21.6. The third-order valence-corrected chi connectivity index (χ3v) is 9.71. The fourth-order valence-corrected chi connectivity index (χ4v) is 6.65.